The molecule has 0 N–H and O–H groups in total. The van der Waals surface area contributed by atoms with Crippen molar-refractivity contribution in [1.29, 1.82) is 0 Å². The maximum Gasteiger partial charge on any atom is 0.352 e. The van der Waals surface area contributed by atoms with Crippen molar-refractivity contribution in [2.24, 2.45) is 0 Å². The number of aromatic nitrogens is 6. The summed E-state index contributed by atoms with van der Waals surface area (Å²) in [7, 11) is 3.58. The first-order chi connectivity index (χ1) is 16.4. The van der Waals surface area contributed by atoms with Crippen LogP contribution >= 0.6 is 0 Å². The zero-order valence-electron chi connectivity index (χ0n) is 19.8. The third-order valence-electron chi connectivity index (χ3n) is 5.74. The van der Waals surface area contributed by atoms with Crippen LogP contribution in [0.15, 0.2) is 41.6 Å². The molecule has 34 heavy (non-hydrogen) atoms. The van der Waals surface area contributed by atoms with Crippen molar-refractivity contribution >= 4 is 22.7 Å². The fourth-order valence-electron chi connectivity index (χ4n) is 3.83. The molecule has 4 rings (SSSR count). The van der Waals surface area contributed by atoms with E-state index in [-0.39, 0.29) is 11.6 Å². The van der Waals surface area contributed by atoms with Gasteiger partial charge in [0.1, 0.15) is 12.1 Å². The van der Waals surface area contributed by atoms with Crippen molar-refractivity contribution in [2.75, 3.05) is 33.8 Å². The zero-order valence-corrected chi connectivity index (χ0v) is 19.8. The molecule has 3 aromatic heterocycles. The molecule has 0 aliphatic heterocycles. The molecular weight excluding hydrogens is 436 g/mol. The first-order valence-electron chi connectivity index (χ1n) is 11.1. The molecule has 0 saturated heterocycles. The van der Waals surface area contributed by atoms with Crippen molar-refractivity contribution in [3.05, 3.63) is 58.5 Å². The van der Waals surface area contributed by atoms with Crippen molar-refractivity contribution in [3.8, 4) is 5.75 Å². The van der Waals surface area contributed by atoms with E-state index in [1.807, 2.05) is 38.2 Å². The van der Waals surface area contributed by atoms with Crippen LogP contribution in [-0.2, 0) is 17.9 Å². The van der Waals surface area contributed by atoms with Crippen LogP contribution in [0.2, 0.25) is 0 Å². The molecular formula is C23H28N8O3. The van der Waals surface area contributed by atoms with E-state index in [0.29, 0.717) is 49.5 Å². The van der Waals surface area contributed by atoms with Gasteiger partial charge < -0.3 is 9.64 Å². The number of benzene rings is 1. The van der Waals surface area contributed by atoms with Gasteiger partial charge in [-0.25, -0.2) is 19.7 Å². The highest BCUT2D eigenvalue weighted by molar-refractivity contribution is 5.84. The number of amides is 1. The molecule has 0 aliphatic rings. The Labute approximate surface area is 196 Å². The number of methoxy groups -OCH3 is 1. The van der Waals surface area contributed by atoms with Crippen molar-refractivity contribution < 1.29 is 9.53 Å². The van der Waals surface area contributed by atoms with Gasteiger partial charge in [-0.05, 0) is 31.7 Å². The average Bonchev–Trinajstić information content (AvgIpc) is 3.33. The molecule has 11 heteroatoms. The van der Waals surface area contributed by atoms with Crippen LogP contribution in [0.5, 0.6) is 5.75 Å². The first-order valence-corrected chi connectivity index (χ1v) is 11.1. The number of fused-ring (bicyclic) bond motifs is 3. The number of carbonyl (C=O) groups is 1. The standard InChI is InChI=1S/C23H28N8O3/c1-5-29(16(2)32)11-10-28(3)14-18-12-24-21-20(27-18)22-25-15-26-31(22)23(33)30(21)13-17-6-8-19(34-4)9-7-17/h6-9,12,15H,5,10-11,13-14H2,1-4H3. The summed E-state index contributed by atoms with van der Waals surface area (Å²) in [6, 6.07) is 7.50. The maximum absolute atomic E-state index is 13.1. The summed E-state index contributed by atoms with van der Waals surface area (Å²) < 4.78 is 8.01. The molecule has 0 aliphatic carbocycles. The lowest BCUT2D eigenvalue weighted by atomic mass is 10.2. The monoisotopic (exact) mass is 464 g/mol. The Hall–Kier alpha value is -3.86. The summed E-state index contributed by atoms with van der Waals surface area (Å²) in [6.07, 6.45) is 3.02. The molecule has 1 amide bonds. The van der Waals surface area contributed by atoms with Crippen molar-refractivity contribution in [2.45, 2.75) is 26.9 Å². The molecule has 1 aromatic carbocycles. The fourth-order valence-corrected chi connectivity index (χ4v) is 3.83. The normalized spacial score (nSPS) is 11.4. The smallest absolute Gasteiger partial charge is 0.352 e. The molecule has 0 unspecified atom stereocenters. The van der Waals surface area contributed by atoms with Gasteiger partial charge in [0.2, 0.25) is 5.91 Å². The number of ether oxygens (including phenoxy) is 1. The van der Waals surface area contributed by atoms with E-state index in [2.05, 4.69) is 20.0 Å². The van der Waals surface area contributed by atoms with E-state index in [9.17, 15) is 9.59 Å². The van der Waals surface area contributed by atoms with Crippen LogP contribution in [0.4, 0.5) is 0 Å². The number of hydrogen-bond acceptors (Lipinski definition) is 8. The Morgan fingerprint density at radius 2 is 1.88 bits per heavy atom. The summed E-state index contributed by atoms with van der Waals surface area (Å²) in [6.45, 7) is 6.40. The lowest BCUT2D eigenvalue weighted by molar-refractivity contribution is -0.128. The third-order valence-corrected chi connectivity index (χ3v) is 5.74. The van der Waals surface area contributed by atoms with Gasteiger partial charge in [0.25, 0.3) is 0 Å². The second-order valence-corrected chi connectivity index (χ2v) is 8.08. The summed E-state index contributed by atoms with van der Waals surface area (Å²) in [4.78, 5) is 42.3. The quantitative estimate of drug-likeness (QED) is 0.363. The van der Waals surface area contributed by atoms with E-state index in [0.717, 1.165) is 17.0 Å². The zero-order chi connectivity index (χ0) is 24.2. The predicted molar refractivity (Wildman–Crippen MR) is 127 cm³/mol. The number of likely N-dealkylation sites (N-methyl/N-ethyl adjacent to an activating group) is 2. The van der Waals surface area contributed by atoms with E-state index >= 15 is 0 Å². The molecule has 0 fully saturated rings. The SMILES string of the molecule is CCN(CCN(C)Cc1cnc2c(n1)c1ncnn1c(=O)n2Cc1ccc(OC)cc1)C(C)=O. The minimum atomic E-state index is -0.334. The van der Waals surface area contributed by atoms with Crippen LogP contribution in [0.1, 0.15) is 25.1 Å². The summed E-state index contributed by atoms with van der Waals surface area (Å²) in [5, 5.41) is 4.10. The predicted octanol–water partition coefficient (Wildman–Crippen LogP) is 1.19. The van der Waals surface area contributed by atoms with Crippen molar-refractivity contribution in [3.63, 3.8) is 0 Å². The van der Waals surface area contributed by atoms with Crippen LogP contribution < -0.4 is 10.4 Å². The topological polar surface area (TPSA) is 111 Å². The minimum absolute atomic E-state index is 0.0606. The number of hydrogen-bond donors (Lipinski definition) is 0. The average molecular weight is 465 g/mol. The lowest BCUT2D eigenvalue weighted by Crippen LogP contribution is -2.36. The van der Waals surface area contributed by atoms with E-state index in [1.165, 1.54) is 10.8 Å². The van der Waals surface area contributed by atoms with Crippen LogP contribution in [0, 0.1) is 0 Å². The summed E-state index contributed by atoms with van der Waals surface area (Å²) in [5.41, 5.74) is 2.65. The van der Waals surface area contributed by atoms with Gasteiger partial charge in [0, 0.05) is 33.1 Å². The molecule has 0 atom stereocenters. The van der Waals surface area contributed by atoms with Gasteiger partial charge in [0.05, 0.1) is 25.5 Å². The highest BCUT2D eigenvalue weighted by Crippen LogP contribution is 2.16. The summed E-state index contributed by atoms with van der Waals surface area (Å²) >= 11 is 0. The third kappa shape index (κ3) is 4.74. The molecule has 0 bridgehead atoms. The van der Waals surface area contributed by atoms with Gasteiger partial charge >= 0.3 is 5.69 Å². The highest BCUT2D eigenvalue weighted by Gasteiger charge is 2.17. The van der Waals surface area contributed by atoms with Crippen molar-refractivity contribution in [1.82, 2.24) is 38.9 Å². The molecule has 3 heterocycles. The van der Waals surface area contributed by atoms with E-state index < -0.39 is 0 Å². The van der Waals surface area contributed by atoms with Gasteiger partial charge in [-0.2, -0.15) is 9.61 Å². The molecule has 0 spiro atoms. The number of carbonyl (C=O) groups excluding carboxylic acids is 1. The molecule has 178 valence electrons. The summed E-state index contributed by atoms with van der Waals surface area (Å²) in [5.74, 6) is 0.803. The fraction of sp³-hybridized carbons (Fsp3) is 0.391. The second kappa shape index (κ2) is 9.96. The minimum Gasteiger partial charge on any atom is -0.497 e. The van der Waals surface area contributed by atoms with E-state index in [1.54, 1.807) is 29.7 Å². The Bertz CT molecular complexity index is 1360. The lowest BCUT2D eigenvalue weighted by Gasteiger charge is -2.23. The molecule has 0 saturated carbocycles. The van der Waals surface area contributed by atoms with Crippen LogP contribution in [-0.4, -0.2) is 78.6 Å². The second-order valence-electron chi connectivity index (χ2n) is 8.08. The Morgan fingerprint density at radius 3 is 2.56 bits per heavy atom. The molecule has 11 nitrogen and oxygen atoms in total. The van der Waals surface area contributed by atoms with Gasteiger partial charge in [0.15, 0.2) is 16.8 Å². The number of rotatable bonds is 9. The molecule has 4 aromatic rings. The number of nitrogens with zero attached hydrogens (tertiary/aromatic N) is 8. The molecule has 0 radical (unpaired) electrons. The maximum atomic E-state index is 13.1. The van der Waals surface area contributed by atoms with Gasteiger partial charge in [-0.3, -0.25) is 14.3 Å². The first kappa shape index (κ1) is 23.3. The van der Waals surface area contributed by atoms with Gasteiger partial charge in [-0.15, -0.1) is 0 Å². The van der Waals surface area contributed by atoms with Crippen LogP contribution in [0.25, 0.3) is 16.8 Å². The Balaban J connectivity index is 1.65. The van der Waals surface area contributed by atoms with Crippen LogP contribution in [0.3, 0.4) is 0 Å². The highest BCUT2D eigenvalue weighted by atomic mass is 16.5. The van der Waals surface area contributed by atoms with Gasteiger partial charge in [-0.1, -0.05) is 12.1 Å². The Kier molecular flexibility index (Phi) is 6.82. The Morgan fingerprint density at radius 1 is 1.12 bits per heavy atom. The largest absolute Gasteiger partial charge is 0.497 e. The van der Waals surface area contributed by atoms with E-state index in [4.69, 9.17) is 9.72 Å².